The molecule has 3 heteroatoms. The van der Waals surface area contributed by atoms with E-state index in [4.69, 9.17) is 4.74 Å². The van der Waals surface area contributed by atoms with Crippen molar-refractivity contribution >= 4 is 0 Å². The van der Waals surface area contributed by atoms with Gasteiger partial charge < -0.3 is 10.1 Å². The van der Waals surface area contributed by atoms with E-state index < -0.39 is 0 Å². The number of hydrogen-bond acceptors (Lipinski definition) is 3. The Bertz CT molecular complexity index is 208. The van der Waals surface area contributed by atoms with Crippen LogP contribution >= 0.6 is 0 Å². The van der Waals surface area contributed by atoms with Gasteiger partial charge in [0.2, 0.25) is 0 Å². The first kappa shape index (κ1) is 13.3. The molecule has 0 aromatic rings. The molecule has 1 N–H and O–H groups in total. The maximum Gasteiger partial charge on any atom is 0.0730 e. The van der Waals surface area contributed by atoms with Gasteiger partial charge in [0.05, 0.1) is 12.7 Å². The number of nitrogens with zero attached hydrogens (tertiary/aromatic N) is 1. The highest BCUT2D eigenvalue weighted by Gasteiger charge is 2.33. The fourth-order valence-electron chi connectivity index (χ4n) is 3.16. The first-order chi connectivity index (χ1) is 8.42. The highest BCUT2D eigenvalue weighted by molar-refractivity contribution is 4.87. The Kier molecular flexibility index (Phi) is 5.75. The first-order valence-electron chi connectivity index (χ1n) is 7.48. The van der Waals surface area contributed by atoms with Crippen LogP contribution in [0.4, 0.5) is 0 Å². The van der Waals surface area contributed by atoms with Crippen molar-refractivity contribution in [2.45, 2.75) is 57.6 Å². The summed E-state index contributed by atoms with van der Waals surface area (Å²) in [6.07, 6.45) is 8.47. The predicted octanol–water partition coefficient (Wildman–Crippen LogP) is 2.02. The molecule has 2 atom stereocenters. The Labute approximate surface area is 106 Å². The van der Waals surface area contributed by atoms with Crippen molar-refractivity contribution in [1.82, 2.24) is 10.2 Å². The summed E-state index contributed by atoms with van der Waals surface area (Å²) in [7, 11) is 0. The number of morpholine rings is 1. The van der Waals surface area contributed by atoms with E-state index in [-0.39, 0.29) is 0 Å². The van der Waals surface area contributed by atoms with Crippen LogP contribution in [0.15, 0.2) is 0 Å². The summed E-state index contributed by atoms with van der Waals surface area (Å²) < 4.78 is 5.90. The topological polar surface area (TPSA) is 24.5 Å². The molecule has 2 unspecified atom stereocenters. The standard InChI is InChI=1S/C14H28N2O/c1-2-8-15-9-5-10-16-11-12-17-14-7-4-3-6-13(14)16/h13-15H,2-12H2,1H3. The van der Waals surface area contributed by atoms with Gasteiger partial charge in [0.25, 0.3) is 0 Å². The van der Waals surface area contributed by atoms with Gasteiger partial charge in [-0.25, -0.2) is 0 Å². The molecule has 1 aliphatic heterocycles. The highest BCUT2D eigenvalue weighted by atomic mass is 16.5. The van der Waals surface area contributed by atoms with Gasteiger partial charge >= 0.3 is 0 Å². The minimum atomic E-state index is 0.543. The summed E-state index contributed by atoms with van der Waals surface area (Å²) in [6, 6.07) is 0.726. The monoisotopic (exact) mass is 240 g/mol. The van der Waals surface area contributed by atoms with Crippen molar-refractivity contribution in [3.8, 4) is 0 Å². The second-order valence-corrected chi connectivity index (χ2v) is 5.40. The average Bonchev–Trinajstić information content (AvgIpc) is 2.39. The third kappa shape index (κ3) is 3.94. The fraction of sp³-hybridized carbons (Fsp3) is 1.00. The van der Waals surface area contributed by atoms with E-state index in [1.807, 2.05) is 0 Å². The Morgan fingerprint density at radius 3 is 3.00 bits per heavy atom. The van der Waals surface area contributed by atoms with Gasteiger partial charge in [0, 0.05) is 12.6 Å². The van der Waals surface area contributed by atoms with Crippen LogP contribution in [0.1, 0.15) is 45.4 Å². The minimum absolute atomic E-state index is 0.543. The second kappa shape index (κ2) is 7.34. The lowest BCUT2D eigenvalue weighted by Crippen LogP contribution is -2.53. The van der Waals surface area contributed by atoms with Gasteiger partial charge in [-0.1, -0.05) is 19.8 Å². The SMILES string of the molecule is CCCNCCCN1CCOC2CCCCC21. The van der Waals surface area contributed by atoms with Crippen LogP contribution in [-0.2, 0) is 4.74 Å². The van der Waals surface area contributed by atoms with E-state index in [0.29, 0.717) is 6.10 Å². The maximum atomic E-state index is 5.90. The summed E-state index contributed by atoms with van der Waals surface area (Å²) in [6.45, 7) is 7.90. The van der Waals surface area contributed by atoms with Crippen LogP contribution in [0, 0.1) is 0 Å². The molecule has 1 saturated heterocycles. The van der Waals surface area contributed by atoms with Gasteiger partial charge in [-0.2, -0.15) is 0 Å². The molecule has 1 heterocycles. The molecule has 17 heavy (non-hydrogen) atoms. The predicted molar refractivity (Wildman–Crippen MR) is 71.3 cm³/mol. The fourth-order valence-corrected chi connectivity index (χ4v) is 3.16. The van der Waals surface area contributed by atoms with Crippen LogP contribution in [0.5, 0.6) is 0 Å². The van der Waals surface area contributed by atoms with Crippen LogP contribution in [-0.4, -0.2) is 49.8 Å². The molecule has 0 bridgehead atoms. The number of nitrogens with one attached hydrogen (secondary N) is 1. The van der Waals surface area contributed by atoms with Gasteiger partial charge in [-0.3, -0.25) is 4.90 Å². The largest absolute Gasteiger partial charge is 0.375 e. The molecule has 0 aromatic heterocycles. The summed E-state index contributed by atoms with van der Waals surface area (Å²) in [5.74, 6) is 0. The van der Waals surface area contributed by atoms with Gasteiger partial charge in [-0.15, -0.1) is 0 Å². The zero-order valence-electron chi connectivity index (χ0n) is 11.3. The molecule has 0 spiro atoms. The van der Waals surface area contributed by atoms with Crippen LogP contribution < -0.4 is 5.32 Å². The molecule has 2 rings (SSSR count). The third-order valence-electron chi connectivity index (χ3n) is 4.07. The molecule has 0 aromatic carbocycles. The van der Waals surface area contributed by atoms with E-state index in [1.165, 1.54) is 51.6 Å². The summed E-state index contributed by atoms with van der Waals surface area (Å²) in [5.41, 5.74) is 0. The van der Waals surface area contributed by atoms with Gasteiger partial charge in [-0.05, 0) is 45.3 Å². The Morgan fingerprint density at radius 2 is 2.12 bits per heavy atom. The molecule has 0 amide bonds. The lowest BCUT2D eigenvalue weighted by molar-refractivity contribution is -0.0880. The molecule has 3 nitrogen and oxygen atoms in total. The van der Waals surface area contributed by atoms with Crippen molar-refractivity contribution in [2.24, 2.45) is 0 Å². The number of fused-ring (bicyclic) bond motifs is 1. The van der Waals surface area contributed by atoms with E-state index >= 15 is 0 Å². The van der Waals surface area contributed by atoms with E-state index in [1.54, 1.807) is 0 Å². The Balaban J connectivity index is 1.67. The lowest BCUT2D eigenvalue weighted by Gasteiger charge is -2.43. The molecular weight excluding hydrogens is 212 g/mol. The van der Waals surface area contributed by atoms with Crippen LogP contribution in [0.25, 0.3) is 0 Å². The molecule has 1 aliphatic carbocycles. The highest BCUT2D eigenvalue weighted by Crippen LogP contribution is 2.28. The average molecular weight is 240 g/mol. The van der Waals surface area contributed by atoms with Crippen molar-refractivity contribution in [3.05, 3.63) is 0 Å². The van der Waals surface area contributed by atoms with Crippen molar-refractivity contribution in [2.75, 3.05) is 32.8 Å². The van der Waals surface area contributed by atoms with Crippen molar-refractivity contribution in [1.29, 1.82) is 0 Å². The van der Waals surface area contributed by atoms with E-state index in [2.05, 4.69) is 17.1 Å². The molecule has 100 valence electrons. The van der Waals surface area contributed by atoms with Crippen molar-refractivity contribution < 1.29 is 4.74 Å². The number of rotatable bonds is 6. The van der Waals surface area contributed by atoms with Gasteiger partial charge in [0.1, 0.15) is 0 Å². The summed E-state index contributed by atoms with van der Waals surface area (Å²) in [5, 5.41) is 3.49. The lowest BCUT2D eigenvalue weighted by atomic mass is 9.90. The molecule has 2 fully saturated rings. The number of hydrogen-bond donors (Lipinski definition) is 1. The zero-order chi connectivity index (χ0) is 11.9. The molecular formula is C14H28N2O. The van der Waals surface area contributed by atoms with Crippen LogP contribution in [0.2, 0.25) is 0 Å². The summed E-state index contributed by atoms with van der Waals surface area (Å²) >= 11 is 0. The summed E-state index contributed by atoms with van der Waals surface area (Å²) in [4.78, 5) is 2.68. The van der Waals surface area contributed by atoms with Crippen molar-refractivity contribution in [3.63, 3.8) is 0 Å². The zero-order valence-corrected chi connectivity index (χ0v) is 11.3. The Morgan fingerprint density at radius 1 is 1.24 bits per heavy atom. The van der Waals surface area contributed by atoms with Gasteiger partial charge in [0.15, 0.2) is 0 Å². The maximum absolute atomic E-state index is 5.90. The number of ether oxygens (including phenoxy) is 1. The Hall–Kier alpha value is -0.120. The molecule has 2 aliphatic rings. The smallest absolute Gasteiger partial charge is 0.0730 e. The van der Waals surface area contributed by atoms with E-state index in [9.17, 15) is 0 Å². The normalized spacial score (nSPS) is 30.2. The first-order valence-corrected chi connectivity index (χ1v) is 7.48. The molecule has 1 saturated carbocycles. The van der Waals surface area contributed by atoms with Crippen LogP contribution in [0.3, 0.4) is 0 Å². The quantitative estimate of drug-likeness (QED) is 0.719. The molecule has 0 radical (unpaired) electrons. The minimum Gasteiger partial charge on any atom is -0.375 e. The third-order valence-corrected chi connectivity index (χ3v) is 4.07. The second-order valence-electron chi connectivity index (χ2n) is 5.40. The van der Waals surface area contributed by atoms with E-state index in [0.717, 1.165) is 25.7 Å².